The van der Waals surface area contributed by atoms with Gasteiger partial charge in [-0.2, -0.15) is 0 Å². The van der Waals surface area contributed by atoms with Crippen LogP contribution in [-0.2, 0) is 14.9 Å². The van der Waals surface area contributed by atoms with Gasteiger partial charge in [-0.1, -0.05) is 39.0 Å². The zero-order valence-corrected chi connectivity index (χ0v) is 12.8. The molecule has 2 atom stereocenters. The van der Waals surface area contributed by atoms with Crippen molar-refractivity contribution in [1.82, 2.24) is 0 Å². The number of para-hydroxylation sites is 1. The first-order valence-corrected chi connectivity index (χ1v) is 6.71. The van der Waals surface area contributed by atoms with Gasteiger partial charge in [-0.15, -0.1) is 0 Å². The van der Waals surface area contributed by atoms with Gasteiger partial charge in [0.05, 0.1) is 13.0 Å². The van der Waals surface area contributed by atoms with Crippen LogP contribution in [0.25, 0.3) is 0 Å². The van der Waals surface area contributed by atoms with Gasteiger partial charge in [-0.05, 0) is 30.9 Å². The Bertz CT molecular complexity index is 435. The number of anilines is 1. The van der Waals surface area contributed by atoms with Crippen LogP contribution in [0, 0.1) is 5.92 Å². The molecule has 2 unspecified atom stereocenters. The van der Waals surface area contributed by atoms with E-state index in [1.54, 1.807) is 0 Å². The van der Waals surface area contributed by atoms with Crippen molar-refractivity contribution in [3.63, 3.8) is 0 Å². The minimum Gasteiger partial charge on any atom is -0.469 e. The van der Waals surface area contributed by atoms with Crippen LogP contribution in [0.1, 0.15) is 40.2 Å². The molecule has 0 fully saturated rings. The Morgan fingerprint density at radius 2 is 1.79 bits per heavy atom. The Labute approximate surface area is 116 Å². The lowest BCUT2D eigenvalue weighted by atomic mass is 9.85. The molecule has 0 radical (unpaired) electrons. The van der Waals surface area contributed by atoms with Crippen molar-refractivity contribution in [1.29, 1.82) is 0 Å². The number of rotatable bonds is 4. The van der Waals surface area contributed by atoms with Gasteiger partial charge in [-0.3, -0.25) is 4.79 Å². The van der Waals surface area contributed by atoms with Crippen LogP contribution in [0.3, 0.4) is 0 Å². The fourth-order valence-corrected chi connectivity index (χ4v) is 2.02. The monoisotopic (exact) mass is 263 g/mol. The second-order valence-corrected chi connectivity index (χ2v) is 6.04. The molecular formula is C16H25NO2. The van der Waals surface area contributed by atoms with Crippen LogP contribution >= 0.6 is 0 Å². The van der Waals surface area contributed by atoms with E-state index >= 15 is 0 Å². The standard InChI is InChI=1S/C16H25NO2/c1-11(15(18)19-6)12(2)17-14-10-8-7-9-13(14)16(3,4)5/h7-12,17H,1-6H3. The van der Waals surface area contributed by atoms with Gasteiger partial charge in [0.1, 0.15) is 0 Å². The summed E-state index contributed by atoms with van der Waals surface area (Å²) in [6.07, 6.45) is 0. The van der Waals surface area contributed by atoms with Crippen LogP contribution in [0.15, 0.2) is 24.3 Å². The molecular weight excluding hydrogens is 238 g/mol. The Morgan fingerprint density at radius 1 is 1.21 bits per heavy atom. The van der Waals surface area contributed by atoms with Crippen LogP contribution in [0.2, 0.25) is 0 Å². The molecule has 0 aliphatic rings. The van der Waals surface area contributed by atoms with E-state index in [2.05, 4.69) is 38.2 Å². The van der Waals surface area contributed by atoms with Crippen molar-refractivity contribution < 1.29 is 9.53 Å². The molecule has 0 spiro atoms. The molecule has 19 heavy (non-hydrogen) atoms. The molecule has 1 rings (SSSR count). The topological polar surface area (TPSA) is 38.3 Å². The summed E-state index contributed by atoms with van der Waals surface area (Å²) in [5.74, 6) is -0.369. The molecule has 0 heterocycles. The average Bonchev–Trinajstić information content (AvgIpc) is 2.36. The maximum atomic E-state index is 11.6. The Kier molecular flexibility index (Phi) is 4.98. The lowest BCUT2D eigenvalue weighted by molar-refractivity contribution is -0.145. The Morgan fingerprint density at radius 3 is 2.32 bits per heavy atom. The number of ether oxygens (including phenoxy) is 1. The Hall–Kier alpha value is -1.51. The summed E-state index contributed by atoms with van der Waals surface area (Å²) in [5.41, 5.74) is 2.40. The highest BCUT2D eigenvalue weighted by atomic mass is 16.5. The van der Waals surface area contributed by atoms with Crippen molar-refractivity contribution in [3.05, 3.63) is 29.8 Å². The van der Waals surface area contributed by atoms with E-state index in [9.17, 15) is 4.79 Å². The average molecular weight is 263 g/mol. The third-order valence-electron chi connectivity index (χ3n) is 3.44. The summed E-state index contributed by atoms with van der Waals surface area (Å²) >= 11 is 0. The van der Waals surface area contributed by atoms with E-state index in [0.29, 0.717) is 0 Å². The quantitative estimate of drug-likeness (QED) is 0.844. The van der Waals surface area contributed by atoms with Crippen LogP contribution in [-0.4, -0.2) is 19.1 Å². The van der Waals surface area contributed by atoms with Gasteiger partial charge < -0.3 is 10.1 Å². The van der Waals surface area contributed by atoms with E-state index in [4.69, 9.17) is 4.74 Å². The minimum absolute atomic E-state index is 0.0240. The molecule has 1 aromatic rings. The van der Waals surface area contributed by atoms with Crippen molar-refractivity contribution in [3.8, 4) is 0 Å². The van der Waals surface area contributed by atoms with Gasteiger partial charge in [0.25, 0.3) is 0 Å². The molecule has 0 bridgehead atoms. The summed E-state index contributed by atoms with van der Waals surface area (Å²) in [7, 11) is 1.43. The number of benzene rings is 1. The molecule has 0 aliphatic heterocycles. The van der Waals surface area contributed by atoms with Crippen LogP contribution in [0.4, 0.5) is 5.69 Å². The number of hydrogen-bond acceptors (Lipinski definition) is 3. The fourth-order valence-electron chi connectivity index (χ4n) is 2.02. The number of nitrogens with one attached hydrogen (secondary N) is 1. The highest BCUT2D eigenvalue weighted by molar-refractivity contribution is 5.73. The molecule has 106 valence electrons. The predicted molar refractivity (Wildman–Crippen MR) is 79.4 cm³/mol. The maximum Gasteiger partial charge on any atom is 0.310 e. The van der Waals surface area contributed by atoms with Crippen molar-refractivity contribution in [2.24, 2.45) is 5.92 Å². The molecule has 1 N–H and O–H groups in total. The highest BCUT2D eigenvalue weighted by Gasteiger charge is 2.23. The fraction of sp³-hybridized carbons (Fsp3) is 0.562. The zero-order chi connectivity index (χ0) is 14.6. The summed E-state index contributed by atoms with van der Waals surface area (Å²) in [5, 5.41) is 3.43. The van der Waals surface area contributed by atoms with Gasteiger partial charge >= 0.3 is 5.97 Å². The van der Waals surface area contributed by atoms with Gasteiger partial charge in [0.2, 0.25) is 0 Å². The first-order valence-electron chi connectivity index (χ1n) is 6.71. The SMILES string of the molecule is COC(=O)C(C)C(C)Nc1ccccc1C(C)(C)C. The number of carbonyl (C=O) groups excluding carboxylic acids is 1. The largest absolute Gasteiger partial charge is 0.469 e. The van der Waals surface area contributed by atoms with Crippen molar-refractivity contribution >= 4 is 11.7 Å². The maximum absolute atomic E-state index is 11.6. The zero-order valence-electron chi connectivity index (χ0n) is 12.8. The normalized spacial score (nSPS) is 14.6. The van der Waals surface area contributed by atoms with Crippen LogP contribution < -0.4 is 5.32 Å². The lowest BCUT2D eigenvalue weighted by Crippen LogP contribution is -2.31. The summed E-state index contributed by atoms with van der Waals surface area (Å²) in [6, 6.07) is 8.25. The van der Waals surface area contributed by atoms with Gasteiger partial charge in [0.15, 0.2) is 0 Å². The summed E-state index contributed by atoms with van der Waals surface area (Å²) < 4.78 is 4.79. The van der Waals surface area contributed by atoms with Crippen molar-refractivity contribution in [2.45, 2.75) is 46.1 Å². The minimum atomic E-state index is -0.187. The molecule has 0 aliphatic carbocycles. The van der Waals surface area contributed by atoms with E-state index in [0.717, 1.165) is 5.69 Å². The smallest absolute Gasteiger partial charge is 0.310 e. The molecule has 0 aromatic heterocycles. The van der Waals surface area contributed by atoms with E-state index < -0.39 is 0 Å². The number of esters is 1. The highest BCUT2D eigenvalue weighted by Crippen LogP contribution is 2.30. The third kappa shape index (κ3) is 3.98. The first kappa shape index (κ1) is 15.5. The number of carbonyl (C=O) groups is 1. The van der Waals surface area contributed by atoms with E-state index in [-0.39, 0.29) is 23.3 Å². The molecule has 3 heteroatoms. The lowest BCUT2D eigenvalue weighted by Gasteiger charge is -2.27. The summed E-state index contributed by atoms with van der Waals surface area (Å²) in [6.45, 7) is 10.4. The third-order valence-corrected chi connectivity index (χ3v) is 3.44. The first-order chi connectivity index (χ1) is 8.77. The van der Waals surface area contributed by atoms with E-state index in [1.807, 2.05) is 26.0 Å². The molecule has 3 nitrogen and oxygen atoms in total. The van der Waals surface area contributed by atoms with Gasteiger partial charge in [0, 0.05) is 11.7 Å². The predicted octanol–water partition coefficient (Wildman–Crippen LogP) is 3.59. The number of hydrogen-bond donors (Lipinski definition) is 1. The van der Waals surface area contributed by atoms with Crippen molar-refractivity contribution in [2.75, 3.05) is 12.4 Å². The molecule has 0 saturated carbocycles. The molecule has 0 saturated heterocycles. The van der Waals surface area contributed by atoms with Crippen LogP contribution in [0.5, 0.6) is 0 Å². The number of methoxy groups -OCH3 is 1. The molecule has 1 aromatic carbocycles. The van der Waals surface area contributed by atoms with Gasteiger partial charge in [-0.25, -0.2) is 0 Å². The molecule has 0 amide bonds. The second-order valence-electron chi connectivity index (χ2n) is 6.04. The second kappa shape index (κ2) is 6.09. The van der Waals surface area contributed by atoms with E-state index in [1.165, 1.54) is 12.7 Å². The Balaban J connectivity index is 2.91. The summed E-state index contributed by atoms with van der Waals surface area (Å²) in [4.78, 5) is 11.6.